The third kappa shape index (κ3) is 6.66. The number of ether oxygens (including phenoxy) is 1. The van der Waals surface area contributed by atoms with E-state index in [4.69, 9.17) is 4.74 Å². The number of benzene rings is 2. The van der Waals surface area contributed by atoms with Crippen molar-refractivity contribution >= 4 is 15.7 Å². The SMILES string of the molecule is COc1ccc(S(=O)(=O)C2CCN(C(=O)CCc3cc(C(C)(C)C)cc(C(C)(C)C)c3)CC2)cc1. The molecule has 0 radical (unpaired) electrons. The van der Waals surface area contributed by atoms with Gasteiger partial charge < -0.3 is 9.64 Å². The highest BCUT2D eigenvalue weighted by Gasteiger charge is 2.32. The average molecular weight is 500 g/mol. The zero-order valence-electron chi connectivity index (χ0n) is 22.3. The van der Waals surface area contributed by atoms with Crippen molar-refractivity contribution in [3.63, 3.8) is 0 Å². The molecule has 0 N–H and O–H groups in total. The number of nitrogens with zero attached hydrogens (tertiary/aromatic N) is 1. The van der Waals surface area contributed by atoms with Gasteiger partial charge in [-0.2, -0.15) is 0 Å². The number of rotatable bonds is 6. The van der Waals surface area contributed by atoms with Crippen molar-refractivity contribution in [3.05, 3.63) is 59.2 Å². The maximum atomic E-state index is 13.1. The van der Waals surface area contributed by atoms with Crippen molar-refractivity contribution in [1.82, 2.24) is 4.90 Å². The molecule has 2 aromatic carbocycles. The van der Waals surface area contributed by atoms with Crippen LogP contribution >= 0.6 is 0 Å². The van der Waals surface area contributed by atoms with Crippen molar-refractivity contribution < 1.29 is 17.9 Å². The molecule has 0 aliphatic carbocycles. The monoisotopic (exact) mass is 499 g/mol. The molecule has 192 valence electrons. The lowest BCUT2D eigenvalue weighted by Gasteiger charge is -2.32. The fourth-order valence-corrected chi connectivity index (χ4v) is 6.22. The fourth-order valence-electron chi connectivity index (χ4n) is 4.49. The predicted octanol–water partition coefficient (Wildman–Crippen LogP) is 5.69. The smallest absolute Gasteiger partial charge is 0.222 e. The van der Waals surface area contributed by atoms with Gasteiger partial charge in [0.15, 0.2) is 9.84 Å². The number of piperidine rings is 1. The van der Waals surface area contributed by atoms with Crippen molar-refractivity contribution in [2.24, 2.45) is 0 Å². The third-order valence-electron chi connectivity index (χ3n) is 6.97. The first-order valence-corrected chi connectivity index (χ1v) is 14.1. The second-order valence-electron chi connectivity index (χ2n) is 11.7. The lowest BCUT2D eigenvalue weighted by Crippen LogP contribution is -2.42. The Balaban J connectivity index is 1.62. The molecule has 35 heavy (non-hydrogen) atoms. The van der Waals surface area contributed by atoms with E-state index in [0.29, 0.717) is 49.4 Å². The number of methoxy groups -OCH3 is 1. The number of carbonyl (C=O) groups is 1. The Bertz CT molecular complexity index is 1100. The molecule has 5 nitrogen and oxygen atoms in total. The highest BCUT2D eigenvalue weighted by Crippen LogP contribution is 2.31. The summed E-state index contributed by atoms with van der Waals surface area (Å²) in [4.78, 5) is 15.1. The van der Waals surface area contributed by atoms with Gasteiger partial charge in [0, 0.05) is 19.5 Å². The molecular formula is C29H41NO4S. The second kappa shape index (κ2) is 10.3. The summed E-state index contributed by atoms with van der Waals surface area (Å²) in [5.74, 6) is 0.732. The van der Waals surface area contributed by atoms with Crippen LogP contribution in [0, 0.1) is 0 Å². The van der Waals surface area contributed by atoms with E-state index < -0.39 is 15.1 Å². The van der Waals surface area contributed by atoms with Gasteiger partial charge in [0.05, 0.1) is 17.3 Å². The summed E-state index contributed by atoms with van der Waals surface area (Å²) in [7, 11) is -1.87. The Morgan fingerprint density at radius 1 is 0.914 bits per heavy atom. The summed E-state index contributed by atoms with van der Waals surface area (Å²) in [5.41, 5.74) is 3.84. The van der Waals surface area contributed by atoms with Gasteiger partial charge in [0.2, 0.25) is 5.91 Å². The Morgan fingerprint density at radius 3 is 1.89 bits per heavy atom. The maximum absolute atomic E-state index is 13.1. The van der Waals surface area contributed by atoms with E-state index in [1.807, 2.05) is 4.90 Å². The molecule has 0 atom stereocenters. The van der Waals surface area contributed by atoms with Crippen LogP contribution in [0.15, 0.2) is 47.4 Å². The topological polar surface area (TPSA) is 63.7 Å². The summed E-state index contributed by atoms with van der Waals surface area (Å²) in [6, 6.07) is 13.3. The van der Waals surface area contributed by atoms with Crippen LogP contribution in [0.4, 0.5) is 0 Å². The first kappa shape index (κ1) is 27.3. The molecule has 0 spiro atoms. The first-order valence-electron chi connectivity index (χ1n) is 12.5. The molecule has 2 aromatic rings. The summed E-state index contributed by atoms with van der Waals surface area (Å²) in [5, 5.41) is -0.460. The van der Waals surface area contributed by atoms with Gasteiger partial charge >= 0.3 is 0 Å². The number of carbonyl (C=O) groups excluding carboxylic acids is 1. The molecule has 6 heteroatoms. The predicted molar refractivity (Wildman–Crippen MR) is 142 cm³/mol. The van der Waals surface area contributed by atoms with E-state index in [9.17, 15) is 13.2 Å². The molecular weight excluding hydrogens is 458 g/mol. The summed E-state index contributed by atoms with van der Waals surface area (Å²) < 4.78 is 31.2. The number of hydrogen-bond donors (Lipinski definition) is 0. The maximum Gasteiger partial charge on any atom is 0.222 e. The minimum absolute atomic E-state index is 0.0390. The molecule has 0 aromatic heterocycles. The second-order valence-corrected chi connectivity index (χ2v) is 13.9. The summed E-state index contributed by atoms with van der Waals surface area (Å²) in [6.07, 6.45) is 2.06. The standard InChI is InChI=1S/C29H41NO4S/c1-28(2,3)22-18-21(19-23(20-22)29(4,5)6)8-13-27(31)30-16-14-26(15-17-30)35(32,33)25-11-9-24(34-7)10-12-25/h9-12,18-20,26H,8,13-17H2,1-7H3. The number of likely N-dealkylation sites (tertiary alicyclic amines) is 1. The number of hydrogen-bond acceptors (Lipinski definition) is 4. The minimum Gasteiger partial charge on any atom is -0.497 e. The van der Waals surface area contributed by atoms with Gasteiger partial charge in [0.25, 0.3) is 0 Å². The zero-order valence-corrected chi connectivity index (χ0v) is 23.2. The lowest BCUT2D eigenvalue weighted by molar-refractivity contribution is -0.132. The minimum atomic E-state index is -3.42. The number of aryl methyl sites for hydroxylation is 1. The van der Waals surface area contributed by atoms with Crippen LogP contribution in [0.5, 0.6) is 5.75 Å². The molecule has 0 saturated carbocycles. The quantitative estimate of drug-likeness (QED) is 0.512. The van der Waals surface area contributed by atoms with E-state index in [0.717, 1.165) is 0 Å². The number of sulfone groups is 1. The Hall–Kier alpha value is -2.34. The summed E-state index contributed by atoms with van der Waals surface area (Å²) >= 11 is 0. The molecule has 1 aliphatic heterocycles. The molecule has 1 heterocycles. The van der Waals surface area contributed by atoms with Crippen LogP contribution in [0.1, 0.15) is 77.5 Å². The van der Waals surface area contributed by atoms with E-state index in [-0.39, 0.29) is 16.7 Å². The lowest BCUT2D eigenvalue weighted by atomic mass is 9.79. The van der Waals surface area contributed by atoms with Crippen molar-refractivity contribution in [2.75, 3.05) is 20.2 Å². The molecule has 1 fully saturated rings. The third-order valence-corrected chi connectivity index (χ3v) is 9.25. The largest absolute Gasteiger partial charge is 0.497 e. The van der Waals surface area contributed by atoms with Crippen molar-refractivity contribution in [2.45, 2.75) is 88.2 Å². The Kier molecular flexibility index (Phi) is 8.05. The first-order chi connectivity index (χ1) is 16.2. The van der Waals surface area contributed by atoms with E-state index >= 15 is 0 Å². The van der Waals surface area contributed by atoms with Gasteiger partial charge in [-0.15, -0.1) is 0 Å². The van der Waals surface area contributed by atoms with Crippen LogP contribution < -0.4 is 4.74 Å². The van der Waals surface area contributed by atoms with Gasteiger partial charge in [-0.25, -0.2) is 8.42 Å². The average Bonchev–Trinajstić information content (AvgIpc) is 2.81. The van der Waals surface area contributed by atoms with Crippen LogP contribution in [0.25, 0.3) is 0 Å². The Labute approximate surface area is 211 Å². The van der Waals surface area contributed by atoms with Crippen molar-refractivity contribution in [3.8, 4) is 5.75 Å². The Morgan fingerprint density at radius 2 is 1.43 bits per heavy atom. The van der Waals surface area contributed by atoms with Crippen LogP contribution in [0.2, 0.25) is 0 Å². The van der Waals surface area contributed by atoms with Gasteiger partial charge in [0.1, 0.15) is 5.75 Å². The van der Waals surface area contributed by atoms with Gasteiger partial charge in [-0.1, -0.05) is 59.7 Å². The molecule has 0 unspecified atom stereocenters. The normalized spacial score (nSPS) is 15.8. The van der Waals surface area contributed by atoms with E-state index in [1.54, 1.807) is 31.4 Å². The zero-order chi connectivity index (χ0) is 26.0. The van der Waals surface area contributed by atoms with Crippen molar-refractivity contribution in [1.29, 1.82) is 0 Å². The highest BCUT2D eigenvalue weighted by molar-refractivity contribution is 7.92. The van der Waals surface area contributed by atoms with E-state index in [2.05, 4.69) is 59.7 Å². The van der Waals surface area contributed by atoms with Crippen LogP contribution in [-0.2, 0) is 31.9 Å². The molecule has 0 bridgehead atoms. The molecule has 1 saturated heterocycles. The molecule has 1 amide bonds. The summed E-state index contributed by atoms with van der Waals surface area (Å²) in [6.45, 7) is 14.3. The van der Waals surface area contributed by atoms with Crippen LogP contribution in [-0.4, -0.2) is 44.7 Å². The van der Waals surface area contributed by atoms with Gasteiger partial charge in [-0.3, -0.25) is 4.79 Å². The fraction of sp³-hybridized carbons (Fsp3) is 0.552. The van der Waals surface area contributed by atoms with E-state index in [1.165, 1.54) is 16.7 Å². The number of amides is 1. The molecule has 1 aliphatic rings. The van der Waals surface area contributed by atoms with Crippen LogP contribution in [0.3, 0.4) is 0 Å². The molecule has 3 rings (SSSR count). The van der Waals surface area contributed by atoms with Gasteiger partial charge in [-0.05, 0) is 71.0 Å². The highest BCUT2D eigenvalue weighted by atomic mass is 32.2.